The SMILES string of the molecule is COC(=O)C(NC(=O)NC(C(=O)OC)[C@H]1CN2CCC1CC2)[C@H]1CN2CCC1CC2. The number of methoxy groups -OCH3 is 2. The normalized spacial score (nSPS) is 36.5. The van der Waals surface area contributed by atoms with E-state index < -0.39 is 30.1 Å². The van der Waals surface area contributed by atoms with Crippen LogP contribution in [0.25, 0.3) is 0 Å². The Bertz CT molecular complexity index is 604. The van der Waals surface area contributed by atoms with E-state index in [2.05, 4.69) is 20.4 Å². The zero-order valence-electron chi connectivity index (χ0n) is 18.0. The van der Waals surface area contributed by atoms with Crippen molar-refractivity contribution in [2.45, 2.75) is 37.8 Å². The minimum Gasteiger partial charge on any atom is -0.467 e. The van der Waals surface area contributed by atoms with E-state index in [1.165, 1.54) is 14.2 Å². The van der Waals surface area contributed by atoms with Crippen LogP contribution < -0.4 is 10.6 Å². The van der Waals surface area contributed by atoms with Gasteiger partial charge in [0.05, 0.1) is 14.2 Å². The number of fused-ring (bicyclic) bond motifs is 6. The molecule has 168 valence electrons. The largest absolute Gasteiger partial charge is 0.467 e. The molecule has 30 heavy (non-hydrogen) atoms. The Hall–Kier alpha value is -1.87. The fraction of sp³-hybridized carbons (Fsp3) is 0.857. The third-order valence-electron chi connectivity index (χ3n) is 7.75. The second-order valence-electron chi connectivity index (χ2n) is 9.22. The number of ether oxygens (including phenoxy) is 2. The van der Waals surface area contributed by atoms with E-state index in [0.29, 0.717) is 11.8 Å². The van der Waals surface area contributed by atoms with E-state index >= 15 is 0 Å². The van der Waals surface area contributed by atoms with Crippen molar-refractivity contribution in [2.24, 2.45) is 23.7 Å². The molecule has 0 spiro atoms. The maximum absolute atomic E-state index is 12.9. The van der Waals surface area contributed by atoms with Crippen molar-refractivity contribution < 1.29 is 23.9 Å². The first-order chi connectivity index (χ1) is 14.5. The van der Waals surface area contributed by atoms with Crippen LogP contribution in [-0.4, -0.2) is 93.3 Å². The molecule has 6 aliphatic rings. The second kappa shape index (κ2) is 9.09. The average molecular weight is 423 g/mol. The molecule has 0 aromatic carbocycles. The van der Waals surface area contributed by atoms with E-state index in [1.54, 1.807) is 0 Å². The van der Waals surface area contributed by atoms with E-state index in [4.69, 9.17) is 9.47 Å². The molecule has 9 heteroatoms. The highest BCUT2D eigenvalue weighted by Gasteiger charge is 2.45. The summed E-state index contributed by atoms with van der Waals surface area (Å²) in [6.07, 6.45) is 4.13. The molecule has 2 amide bonds. The van der Waals surface area contributed by atoms with Crippen LogP contribution in [0, 0.1) is 23.7 Å². The second-order valence-corrected chi connectivity index (χ2v) is 9.22. The number of urea groups is 1. The van der Waals surface area contributed by atoms with Gasteiger partial charge in [0.2, 0.25) is 0 Å². The fourth-order valence-corrected chi connectivity index (χ4v) is 6.04. The van der Waals surface area contributed by atoms with Crippen LogP contribution in [0.3, 0.4) is 0 Å². The van der Waals surface area contributed by atoms with Gasteiger partial charge in [0.25, 0.3) is 0 Å². The maximum Gasteiger partial charge on any atom is 0.328 e. The monoisotopic (exact) mass is 422 g/mol. The first-order valence-corrected chi connectivity index (χ1v) is 11.2. The Balaban J connectivity index is 1.44. The predicted octanol–water partition coefficient (Wildman–Crippen LogP) is 0.0524. The number of carbonyl (C=O) groups excluding carboxylic acids is 3. The smallest absolute Gasteiger partial charge is 0.328 e. The molecular formula is C21H34N4O5. The fourth-order valence-electron chi connectivity index (χ4n) is 6.04. The molecule has 2 unspecified atom stereocenters. The molecule has 2 N–H and O–H groups in total. The summed E-state index contributed by atoms with van der Waals surface area (Å²) in [4.78, 5) is 42.7. The van der Waals surface area contributed by atoms with Gasteiger partial charge in [0.1, 0.15) is 12.1 Å². The van der Waals surface area contributed by atoms with E-state index in [0.717, 1.165) is 65.0 Å². The number of rotatable bonds is 6. The summed E-state index contributed by atoms with van der Waals surface area (Å²) >= 11 is 0. The maximum atomic E-state index is 12.9. The summed E-state index contributed by atoms with van der Waals surface area (Å²) in [5, 5.41) is 5.68. The van der Waals surface area contributed by atoms with Crippen molar-refractivity contribution in [3.63, 3.8) is 0 Å². The molecular weight excluding hydrogens is 388 g/mol. The van der Waals surface area contributed by atoms with Crippen molar-refractivity contribution in [3.8, 4) is 0 Å². The number of amides is 2. The van der Waals surface area contributed by atoms with Gasteiger partial charge < -0.3 is 29.9 Å². The Morgan fingerprint density at radius 1 is 0.733 bits per heavy atom. The van der Waals surface area contributed by atoms with Gasteiger partial charge in [-0.3, -0.25) is 0 Å². The van der Waals surface area contributed by atoms with Crippen molar-refractivity contribution in [2.75, 3.05) is 53.5 Å². The van der Waals surface area contributed by atoms with Crippen LogP contribution >= 0.6 is 0 Å². The Labute approximate surface area is 177 Å². The molecule has 0 aromatic rings. The van der Waals surface area contributed by atoms with Crippen molar-refractivity contribution in [1.29, 1.82) is 0 Å². The highest BCUT2D eigenvalue weighted by Crippen LogP contribution is 2.36. The van der Waals surface area contributed by atoms with E-state index in [1.807, 2.05) is 0 Å². The lowest BCUT2D eigenvalue weighted by molar-refractivity contribution is -0.146. The minimum atomic E-state index is -0.715. The number of piperidine rings is 6. The van der Waals surface area contributed by atoms with Gasteiger partial charge in [-0.25, -0.2) is 14.4 Å². The summed E-state index contributed by atoms with van der Waals surface area (Å²) < 4.78 is 10.0. The predicted molar refractivity (Wildman–Crippen MR) is 109 cm³/mol. The number of esters is 2. The third-order valence-corrected chi connectivity index (χ3v) is 7.75. The van der Waals surface area contributed by atoms with Crippen molar-refractivity contribution >= 4 is 18.0 Å². The number of nitrogens with one attached hydrogen (secondary N) is 2. The summed E-state index contributed by atoms with van der Waals surface area (Å²) in [6.45, 7) is 5.75. The van der Waals surface area contributed by atoms with Gasteiger partial charge in [-0.1, -0.05) is 0 Å². The van der Waals surface area contributed by atoms with Crippen LogP contribution in [-0.2, 0) is 19.1 Å². The van der Waals surface area contributed by atoms with E-state index in [-0.39, 0.29) is 11.8 Å². The third kappa shape index (κ3) is 4.27. The molecule has 0 aliphatic carbocycles. The summed E-state index contributed by atoms with van der Waals surface area (Å²) in [7, 11) is 2.70. The molecule has 6 saturated heterocycles. The topological polar surface area (TPSA) is 100 Å². The Morgan fingerprint density at radius 3 is 1.37 bits per heavy atom. The molecule has 6 rings (SSSR count). The lowest BCUT2D eigenvalue weighted by Crippen LogP contribution is -2.62. The van der Waals surface area contributed by atoms with Crippen LogP contribution in [0.1, 0.15) is 25.7 Å². The quantitative estimate of drug-likeness (QED) is 0.584. The van der Waals surface area contributed by atoms with Crippen LogP contribution in [0.5, 0.6) is 0 Å². The minimum absolute atomic E-state index is 0.0269. The molecule has 6 heterocycles. The summed E-state index contributed by atoms with van der Waals surface area (Å²) in [5.74, 6) is -0.00349. The number of hydrogen-bond acceptors (Lipinski definition) is 7. The molecule has 0 radical (unpaired) electrons. The molecule has 4 bridgehead atoms. The first kappa shape index (κ1) is 21.4. The van der Waals surface area contributed by atoms with Gasteiger partial charge in [-0.2, -0.15) is 0 Å². The highest BCUT2D eigenvalue weighted by atomic mass is 16.5. The first-order valence-electron chi connectivity index (χ1n) is 11.2. The molecule has 9 nitrogen and oxygen atoms in total. The molecule has 0 aromatic heterocycles. The number of hydrogen-bond donors (Lipinski definition) is 2. The van der Waals surface area contributed by atoms with Crippen LogP contribution in [0.15, 0.2) is 0 Å². The van der Waals surface area contributed by atoms with Gasteiger partial charge in [0.15, 0.2) is 0 Å². The van der Waals surface area contributed by atoms with Crippen molar-refractivity contribution in [1.82, 2.24) is 20.4 Å². The molecule has 4 atom stereocenters. The zero-order chi connectivity index (χ0) is 21.3. The highest BCUT2D eigenvalue weighted by molar-refractivity contribution is 5.87. The Morgan fingerprint density at radius 2 is 1.10 bits per heavy atom. The van der Waals surface area contributed by atoms with Crippen molar-refractivity contribution in [3.05, 3.63) is 0 Å². The zero-order valence-corrected chi connectivity index (χ0v) is 18.0. The Kier molecular flexibility index (Phi) is 6.48. The average Bonchev–Trinajstić information content (AvgIpc) is 2.81. The number of carbonyl (C=O) groups is 3. The van der Waals surface area contributed by atoms with Gasteiger partial charge in [0, 0.05) is 24.9 Å². The van der Waals surface area contributed by atoms with Crippen LogP contribution in [0.4, 0.5) is 4.79 Å². The molecule has 0 saturated carbocycles. The summed E-state index contributed by atoms with van der Waals surface area (Å²) in [6, 6.07) is -1.94. The molecule has 6 aliphatic heterocycles. The van der Waals surface area contributed by atoms with Gasteiger partial charge >= 0.3 is 18.0 Å². The van der Waals surface area contributed by atoms with Crippen LogP contribution in [0.2, 0.25) is 0 Å². The van der Waals surface area contributed by atoms with E-state index in [9.17, 15) is 14.4 Å². The summed E-state index contributed by atoms with van der Waals surface area (Å²) in [5.41, 5.74) is 0. The standard InChI is InChI=1S/C21H34N4O5/c1-29-19(26)17(15-11-24-7-3-13(15)4-8-24)22-21(28)23-18(20(27)30-2)16-12-25-9-5-14(16)6-10-25/h13-18H,3-12H2,1-2H3,(H2,22,23,28)/t15-,16-,17?,18?/m0/s1. The lowest BCUT2D eigenvalue weighted by Gasteiger charge is -2.47. The lowest BCUT2D eigenvalue weighted by atomic mass is 9.75. The van der Waals surface area contributed by atoms with Gasteiger partial charge in [-0.05, 0) is 63.7 Å². The molecule has 6 fully saturated rings. The number of nitrogens with zero attached hydrogens (tertiary/aromatic N) is 2. The van der Waals surface area contributed by atoms with Gasteiger partial charge in [-0.15, -0.1) is 0 Å².